The highest BCUT2D eigenvalue weighted by Gasteiger charge is 2.33. The van der Waals surface area contributed by atoms with E-state index in [0.717, 1.165) is 11.1 Å². The summed E-state index contributed by atoms with van der Waals surface area (Å²) in [5.41, 5.74) is 7.73. The van der Waals surface area contributed by atoms with Gasteiger partial charge in [0.1, 0.15) is 0 Å². The molecule has 0 aliphatic heterocycles. The highest BCUT2D eigenvalue weighted by Crippen LogP contribution is 2.31. The lowest BCUT2D eigenvalue weighted by Gasteiger charge is -2.26. The number of hydrogen-bond donors (Lipinski definition) is 2. The van der Waals surface area contributed by atoms with Crippen LogP contribution in [-0.2, 0) is 10.2 Å². The molecular formula is C16H24N2O. The molecule has 1 aromatic carbocycles. The first-order valence-electron chi connectivity index (χ1n) is 7.03. The van der Waals surface area contributed by atoms with Crippen molar-refractivity contribution in [1.82, 2.24) is 5.32 Å². The monoisotopic (exact) mass is 260 g/mol. The van der Waals surface area contributed by atoms with Crippen molar-refractivity contribution < 1.29 is 4.79 Å². The second-order valence-corrected chi connectivity index (χ2v) is 6.15. The second-order valence-electron chi connectivity index (χ2n) is 6.15. The Bertz CT molecular complexity index is 464. The number of aryl methyl sites for hydroxylation is 1. The number of nitrogens with two attached hydrogens (primary N) is 1. The molecule has 0 spiro atoms. The Morgan fingerprint density at radius 3 is 2.63 bits per heavy atom. The molecule has 1 unspecified atom stereocenters. The molecule has 104 valence electrons. The fourth-order valence-corrected chi connectivity index (χ4v) is 2.52. The van der Waals surface area contributed by atoms with Gasteiger partial charge in [0.15, 0.2) is 0 Å². The Balaban J connectivity index is 2.02. The average Bonchev–Trinajstić information content (AvgIpc) is 3.20. The Labute approximate surface area is 115 Å². The number of benzene rings is 1. The molecular weight excluding hydrogens is 236 g/mol. The van der Waals surface area contributed by atoms with Crippen molar-refractivity contribution in [1.29, 1.82) is 0 Å². The number of carbonyl (C=O) groups is 1. The summed E-state index contributed by atoms with van der Waals surface area (Å²) in [5, 5.41) is 3.01. The highest BCUT2D eigenvalue weighted by atomic mass is 16.2. The van der Waals surface area contributed by atoms with Crippen LogP contribution in [0.25, 0.3) is 0 Å². The molecule has 2 rings (SSSR count). The zero-order chi connectivity index (χ0) is 14.0. The summed E-state index contributed by atoms with van der Waals surface area (Å²) in [4.78, 5) is 12.4. The molecule has 1 saturated carbocycles. The van der Waals surface area contributed by atoms with Crippen molar-refractivity contribution in [2.75, 3.05) is 6.54 Å². The predicted octanol–water partition coefficient (Wildman–Crippen LogP) is 2.13. The van der Waals surface area contributed by atoms with Crippen LogP contribution in [-0.4, -0.2) is 18.5 Å². The normalized spacial score (nSPS) is 17.1. The molecule has 3 heteroatoms. The summed E-state index contributed by atoms with van der Waals surface area (Å²) in [6.45, 7) is 6.56. The number of nitrogens with one attached hydrogen (secondary N) is 1. The molecule has 3 nitrogen and oxygen atoms in total. The van der Waals surface area contributed by atoms with Gasteiger partial charge in [-0.25, -0.2) is 0 Å². The van der Waals surface area contributed by atoms with E-state index in [0.29, 0.717) is 12.5 Å². The lowest BCUT2D eigenvalue weighted by atomic mass is 9.81. The molecule has 0 radical (unpaired) electrons. The van der Waals surface area contributed by atoms with Crippen LogP contribution in [0.5, 0.6) is 0 Å². The molecule has 0 heterocycles. The van der Waals surface area contributed by atoms with Crippen molar-refractivity contribution in [3.63, 3.8) is 0 Å². The van der Waals surface area contributed by atoms with Gasteiger partial charge in [0, 0.05) is 12.6 Å². The molecule has 1 aliphatic rings. The number of amides is 1. The van der Waals surface area contributed by atoms with Crippen molar-refractivity contribution in [3.05, 3.63) is 35.4 Å². The number of rotatable bonds is 5. The zero-order valence-corrected chi connectivity index (χ0v) is 12.1. The maximum absolute atomic E-state index is 12.4. The largest absolute Gasteiger partial charge is 0.354 e. The lowest BCUT2D eigenvalue weighted by Crippen LogP contribution is -2.46. The van der Waals surface area contributed by atoms with Crippen LogP contribution in [0.1, 0.15) is 37.8 Å². The number of carbonyl (C=O) groups excluding carboxylic acids is 1. The first kappa shape index (κ1) is 14.1. The van der Waals surface area contributed by atoms with Gasteiger partial charge in [-0.15, -0.1) is 0 Å². The third kappa shape index (κ3) is 3.16. The van der Waals surface area contributed by atoms with Crippen molar-refractivity contribution in [3.8, 4) is 0 Å². The Hall–Kier alpha value is -1.35. The summed E-state index contributed by atoms with van der Waals surface area (Å²) < 4.78 is 0. The smallest absolute Gasteiger partial charge is 0.230 e. The van der Waals surface area contributed by atoms with Gasteiger partial charge >= 0.3 is 0 Å². The first-order chi connectivity index (χ1) is 8.93. The van der Waals surface area contributed by atoms with Crippen LogP contribution in [0.4, 0.5) is 0 Å². The summed E-state index contributed by atoms with van der Waals surface area (Å²) >= 11 is 0. The fraction of sp³-hybridized carbons (Fsp3) is 0.562. The van der Waals surface area contributed by atoms with E-state index in [4.69, 9.17) is 5.73 Å². The molecule has 1 fully saturated rings. The van der Waals surface area contributed by atoms with Crippen molar-refractivity contribution in [2.24, 2.45) is 11.7 Å². The van der Waals surface area contributed by atoms with E-state index >= 15 is 0 Å². The molecule has 0 aromatic heterocycles. The summed E-state index contributed by atoms with van der Waals surface area (Å²) in [7, 11) is 0. The van der Waals surface area contributed by atoms with Gasteiger partial charge in [-0.05, 0) is 50.7 Å². The first-order valence-corrected chi connectivity index (χ1v) is 7.03. The van der Waals surface area contributed by atoms with Crippen LogP contribution < -0.4 is 11.1 Å². The van der Waals surface area contributed by atoms with Crippen LogP contribution in [0.3, 0.4) is 0 Å². The van der Waals surface area contributed by atoms with Crippen molar-refractivity contribution in [2.45, 2.75) is 45.1 Å². The third-order valence-electron chi connectivity index (χ3n) is 4.11. The summed E-state index contributed by atoms with van der Waals surface area (Å²) in [6, 6.07) is 8.15. The quantitative estimate of drug-likeness (QED) is 0.852. The lowest BCUT2D eigenvalue weighted by molar-refractivity contribution is -0.125. The molecule has 3 N–H and O–H groups in total. The molecule has 1 aliphatic carbocycles. The predicted molar refractivity (Wildman–Crippen MR) is 77.9 cm³/mol. The SMILES string of the molecule is Cc1ccccc1C(C)(C)C(=O)NCC(N)C1CC1. The minimum Gasteiger partial charge on any atom is -0.354 e. The topological polar surface area (TPSA) is 55.1 Å². The summed E-state index contributed by atoms with van der Waals surface area (Å²) in [6.07, 6.45) is 2.41. The molecule has 1 amide bonds. The highest BCUT2D eigenvalue weighted by molar-refractivity contribution is 5.87. The number of hydrogen-bond acceptors (Lipinski definition) is 2. The van der Waals surface area contributed by atoms with E-state index < -0.39 is 5.41 Å². The van der Waals surface area contributed by atoms with Crippen LogP contribution >= 0.6 is 0 Å². The molecule has 0 bridgehead atoms. The second kappa shape index (κ2) is 5.33. The fourth-order valence-electron chi connectivity index (χ4n) is 2.52. The molecule has 1 aromatic rings. The standard InChI is InChI=1S/C16H24N2O/c1-11-6-4-5-7-13(11)16(2,3)15(19)18-10-14(17)12-8-9-12/h4-7,12,14H,8-10,17H2,1-3H3,(H,18,19). The van der Waals surface area contributed by atoms with E-state index in [1.807, 2.05) is 45.0 Å². The van der Waals surface area contributed by atoms with Gasteiger partial charge in [-0.3, -0.25) is 4.79 Å². The van der Waals surface area contributed by atoms with Gasteiger partial charge in [0.2, 0.25) is 5.91 Å². The third-order valence-corrected chi connectivity index (χ3v) is 4.11. The summed E-state index contributed by atoms with van der Waals surface area (Å²) in [5.74, 6) is 0.666. The maximum atomic E-state index is 12.4. The molecule has 1 atom stereocenters. The minimum atomic E-state index is -0.519. The van der Waals surface area contributed by atoms with Gasteiger partial charge in [0.25, 0.3) is 0 Å². The Morgan fingerprint density at radius 1 is 1.42 bits per heavy atom. The maximum Gasteiger partial charge on any atom is 0.230 e. The van der Waals surface area contributed by atoms with Gasteiger partial charge < -0.3 is 11.1 Å². The molecule has 0 saturated heterocycles. The van der Waals surface area contributed by atoms with Crippen LogP contribution in [0.2, 0.25) is 0 Å². The van der Waals surface area contributed by atoms with Gasteiger partial charge in [-0.2, -0.15) is 0 Å². The Morgan fingerprint density at radius 2 is 2.05 bits per heavy atom. The Kier molecular flexibility index (Phi) is 3.95. The van der Waals surface area contributed by atoms with Crippen molar-refractivity contribution >= 4 is 5.91 Å². The van der Waals surface area contributed by atoms with Crippen LogP contribution in [0, 0.1) is 12.8 Å². The van der Waals surface area contributed by atoms with E-state index in [9.17, 15) is 4.79 Å². The van der Waals surface area contributed by atoms with Gasteiger partial charge in [0.05, 0.1) is 5.41 Å². The van der Waals surface area contributed by atoms with E-state index in [2.05, 4.69) is 5.32 Å². The van der Waals surface area contributed by atoms with Gasteiger partial charge in [-0.1, -0.05) is 24.3 Å². The average molecular weight is 260 g/mol. The minimum absolute atomic E-state index is 0.0536. The van der Waals surface area contributed by atoms with E-state index in [1.165, 1.54) is 12.8 Å². The van der Waals surface area contributed by atoms with E-state index in [-0.39, 0.29) is 11.9 Å². The van der Waals surface area contributed by atoms with Crippen LogP contribution in [0.15, 0.2) is 24.3 Å². The molecule has 19 heavy (non-hydrogen) atoms. The van der Waals surface area contributed by atoms with E-state index in [1.54, 1.807) is 0 Å². The zero-order valence-electron chi connectivity index (χ0n) is 12.1.